The van der Waals surface area contributed by atoms with Crippen LogP contribution in [0.3, 0.4) is 0 Å². The van der Waals surface area contributed by atoms with Crippen LogP contribution in [0.5, 0.6) is 0 Å². The molecule has 3 aromatic rings. The van der Waals surface area contributed by atoms with E-state index in [0.717, 1.165) is 6.07 Å². The summed E-state index contributed by atoms with van der Waals surface area (Å²) in [7, 11) is 0. The van der Waals surface area contributed by atoms with Crippen molar-refractivity contribution in [2.24, 2.45) is 0 Å². The molecule has 0 aromatic heterocycles. The third kappa shape index (κ3) is 5.83. The zero-order chi connectivity index (χ0) is 22.4. The van der Waals surface area contributed by atoms with E-state index in [9.17, 15) is 24.1 Å². The number of nitrogens with zero attached hydrogens (tertiary/aromatic N) is 1. The van der Waals surface area contributed by atoms with E-state index in [-0.39, 0.29) is 17.1 Å². The highest BCUT2D eigenvalue weighted by Crippen LogP contribution is 2.18. The first-order valence-corrected chi connectivity index (χ1v) is 9.72. The Kier molecular flexibility index (Phi) is 6.88. The monoisotopic (exact) mass is 483 g/mol. The second-order valence-corrected chi connectivity index (χ2v) is 7.16. The van der Waals surface area contributed by atoms with Gasteiger partial charge in [-0.3, -0.25) is 19.7 Å². The molecule has 0 fully saturated rings. The van der Waals surface area contributed by atoms with Gasteiger partial charge >= 0.3 is 0 Å². The number of benzene rings is 3. The van der Waals surface area contributed by atoms with Crippen molar-refractivity contribution in [3.05, 3.63) is 110 Å². The van der Waals surface area contributed by atoms with Crippen molar-refractivity contribution < 1.29 is 18.9 Å². The van der Waals surface area contributed by atoms with E-state index < -0.39 is 22.6 Å². The van der Waals surface area contributed by atoms with Crippen LogP contribution in [0.4, 0.5) is 15.8 Å². The fourth-order valence-corrected chi connectivity index (χ4v) is 3.08. The standard InChI is InChI=1S/C22H15BrFN3O4/c23-19-7-2-1-6-18(19)21(28)26-20(12-14-8-10-17(11-9-14)27(30)31)22(29)25-16-5-3-4-15(24)13-16/h1-13H,(H,25,29)(H,26,28)/b20-12+. The highest BCUT2D eigenvalue weighted by molar-refractivity contribution is 9.10. The first-order valence-electron chi connectivity index (χ1n) is 8.92. The highest BCUT2D eigenvalue weighted by Gasteiger charge is 2.17. The van der Waals surface area contributed by atoms with Crippen molar-refractivity contribution in [3.8, 4) is 0 Å². The molecule has 31 heavy (non-hydrogen) atoms. The van der Waals surface area contributed by atoms with Crippen LogP contribution >= 0.6 is 15.9 Å². The normalized spacial score (nSPS) is 11.0. The number of hydrogen-bond acceptors (Lipinski definition) is 4. The third-order valence-electron chi connectivity index (χ3n) is 4.11. The maximum atomic E-state index is 13.4. The fraction of sp³-hybridized carbons (Fsp3) is 0. The first kappa shape index (κ1) is 21.8. The van der Waals surface area contributed by atoms with Crippen LogP contribution in [-0.2, 0) is 4.79 Å². The van der Waals surface area contributed by atoms with Gasteiger partial charge in [-0.05, 0) is 70.0 Å². The van der Waals surface area contributed by atoms with Crippen molar-refractivity contribution in [1.82, 2.24) is 5.32 Å². The molecule has 9 heteroatoms. The van der Waals surface area contributed by atoms with E-state index in [1.165, 1.54) is 48.5 Å². The number of non-ortho nitro benzene ring substituents is 1. The number of nitro groups is 1. The summed E-state index contributed by atoms with van der Waals surface area (Å²) in [5, 5.41) is 15.9. The minimum atomic E-state index is -0.690. The maximum absolute atomic E-state index is 13.4. The molecule has 0 heterocycles. The predicted molar refractivity (Wildman–Crippen MR) is 118 cm³/mol. The van der Waals surface area contributed by atoms with Crippen LogP contribution in [0.2, 0.25) is 0 Å². The SMILES string of the molecule is O=C(Nc1cccc(F)c1)/C(=C\c1ccc([N+](=O)[O-])cc1)NC(=O)c1ccccc1Br. The van der Waals surface area contributed by atoms with Gasteiger partial charge in [-0.15, -0.1) is 0 Å². The summed E-state index contributed by atoms with van der Waals surface area (Å²) in [5.74, 6) is -1.77. The number of halogens is 2. The molecule has 0 radical (unpaired) electrons. The second kappa shape index (κ2) is 9.77. The molecule has 0 saturated carbocycles. The Labute approximate surface area is 184 Å². The molecule has 0 saturated heterocycles. The number of nitro benzene ring substituents is 1. The number of carbonyl (C=O) groups excluding carboxylic acids is 2. The van der Waals surface area contributed by atoms with Crippen LogP contribution in [0.15, 0.2) is 83.0 Å². The Morgan fingerprint density at radius 3 is 2.35 bits per heavy atom. The van der Waals surface area contributed by atoms with Gasteiger partial charge in [-0.25, -0.2) is 4.39 Å². The molecule has 3 rings (SSSR count). The summed E-state index contributed by atoms with van der Waals surface area (Å²) < 4.78 is 14.0. The van der Waals surface area contributed by atoms with Crippen molar-refractivity contribution in [2.45, 2.75) is 0 Å². The minimum Gasteiger partial charge on any atom is -0.321 e. The minimum absolute atomic E-state index is 0.111. The highest BCUT2D eigenvalue weighted by atomic mass is 79.9. The molecule has 0 aliphatic rings. The second-order valence-electron chi connectivity index (χ2n) is 6.31. The van der Waals surface area contributed by atoms with Gasteiger partial charge in [-0.1, -0.05) is 18.2 Å². The molecule has 2 amide bonds. The largest absolute Gasteiger partial charge is 0.321 e. The van der Waals surface area contributed by atoms with Gasteiger partial charge in [0.1, 0.15) is 11.5 Å². The summed E-state index contributed by atoms with van der Waals surface area (Å²) in [4.78, 5) is 35.8. The number of nitrogens with one attached hydrogen (secondary N) is 2. The van der Waals surface area contributed by atoms with E-state index in [1.807, 2.05) is 0 Å². The van der Waals surface area contributed by atoms with E-state index >= 15 is 0 Å². The van der Waals surface area contributed by atoms with E-state index in [1.54, 1.807) is 24.3 Å². The van der Waals surface area contributed by atoms with Gasteiger partial charge in [0.15, 0.2) is 0 Å². The molecule has 0 unspecified atom stereocenters. The maximum Gasteiger partial charge on any atom is 0.272 e. The Morgan fingerprint density at radius 2 is 1.71 bits per heavy atom. The summed E-state index contributed by atoms with van der Waals surface area (Å²) in [5.41, 5.74) is 0.715. The Morgan fingerprint density at radius 1 is 1.00 bits per heavy atom. The molecule has 0 spiro atoms. The smallest absolute Gasteiger partial charge is 0.272 e. The average molecular weight is 484 g/mol. The molecule has 156 valence electrons. The van der Waals surface area contributed by atoms with Crippen molar-refractivity contribution in [1.29, 1.82) is 0 Å². The van der Waals surface area contributed by atoms with Gasteiger partial charge in [0, 0.05) is 22.3 Å². The third-order valence-corrected chi connectivity index (χ3v) is 4.80. The fourth-order valence-electron chi connectivity index (χ4n) is 2.62. The first-order chi connectivity index (χ1) is 14.8. The topological polar surface area (TPSA) is 101 Å². The van der Waals surface area contributed by atoms with Crippen molar-refractivity contribution >= 4 is 45.2 Å². The summed E-state index contributed by atoms with van der Waals surface area (Å²) in [6.45, 7) is 0. The van der Waals surface area contributed by atoms with Crippen LogP contribution in [0, 0.1) is 15.9 Å². The molecular weight excluding hydrogens is 469 g/mol. The summed E-state index contributed by atoms with van der Waals surface area (Å²) in [6.07, 6.45) is 1.37. The number of rotatable bonds is 6. The lowest BCUT2D eigenvalue weighted by Crippen LogP contribution is -2.31. The van der Waals surface area contributed by atoms with Gasteiger partial charge in [0.25, 0.3) is 17.5 Å². The lowest BCUT2D eigenvalue weighted by molar-refractivity contribution is -0.384. The van der Waals surface area contributed by atoms with Crippen LogP contribution < -0.4 is 10.6 Å². The van der Waals surface area contributed by atoms with E-state index in [2.05, 4.69) is 26.6 Å². The average Bonchev–Trinajstić information content (AvgIpc) is 2.74. The summed E-state index contributed by atoms with van der Waals surface area (Å²) >= 11 is 3.29. The Hall–Kier alpha value is -3.85. The van der Waals surface area contributed by atoms with E-state index in [0.29, 0.717) is 15.6 Å². The molecule has 2 N–H and O–H groups in total. The number of carbonyl (C=O) groups is 2. The van der Waals surface area contributed by atoms with Crippen molar-refractivity contribution in [2.75, 3.05) is 5.32 Å². The lowest BCUT2D eigenvalue weighted by atomic mass is 10.1. The quantitative estimate of drug-likeness (QED) is 0.295. The zero-order valence-corrected chi connectivity index (χ0v) is 17.4. The van der Waals surface area contributed by atoms with Crippen LogP contribution in [0.25, 0.3) is 6.08 Å². The predicted octanol–water partition coefficient (Wildman–Crippen LogP) is 4.91. The summed E-state index contributed by atoms with van der Waals surface area (Å²) in [6, 6.07) is 17.4. The van der Waals surface area contributed by atoms with Crippen LogP contribution in [0.1, 0.15) is 15.9 Å². The van der Waals surface area contributed by atoms with Crippen molar-refractivity contribution in [3.63, 3.8) is 0 Å². The van der Waals surface area contributed by atoms with Gasteiger partial charge in [0.05, 0.1) is 10.5 Å². The molecule has 7 nitrogen and oxygen atoms in total. The Bertz CT molecular complexity index is 1180. The molecule has 3 aromatic carbocycles. The molecule has 0 bridgehead atoms. The van der Waals surface area contributed by atoms with Gasteiger partial charge in [-0.2, -0.15) is 0 Å². The molecule has 0 atom stereocenters. The van der Waals surface area contributed by atoms with E-state index in [4.69, 9.17) is 0 Å². The molecule has 0 aliphatic heterocycles. The van der Waals surface area contributed by atoms with Gasteiger partial charge in [0.2, 0.25) is 0 Å². The number of anilines is 1. The molecule has 0 aliphatic carbocycles. The number of hydrogen-bond donors (Lipinski definition) is 2. The Balaban J connectivity index is 1.92. The van der Waals surface area contributed by atoms with Gasteiger partial charge < -0.3 is 10.6 Å². The van der Waals surface area contributed by atoms with Crippen LogP contribution in [-0.4, -0.2) is 16.7 Å². The molecular formula is C22H15BrFN3O4. The zero-order valence-electron chi connectivity index (χ0n) is 15.8. The number of amides is 2. The lowest BCUT2D eigenvalue weighted by Gasteiger charge is -2.12.